The molecule has 0 aromatic carbocycles. The highest BCUT2D eigenvalue weighted by molar-refractivity contribution is 6.02. The van der Waals surface area contributed by atoms with E-state index in [-0.39, 0.29) is 18.2 Å². The highest BCUT2D eigenvalue weighted by atomic mass is 16.4. The average Bonchev–Trinajstić information content (AvgIpc) is 2.75. The van der Waals surface area contributed by atoms with E-state index in [1.807, 2.05) is 6.92 Å². The quantitative estimate of drug-likeness (QED) is 0.641. The lowest BCUT2D eigenvalue weighted by Gasteiger charge is -2.18. The van der Waals surface area contributed by atoms with Crippen LogP contribution >= 0.6 is 0 Å². The summed E-state index contributed by atoms with van der Waals surface area (Å²) in [5.74, 6) is -1.26. The maximum atomic E-state index is 12.4. The van der Waals surface area contributed by atoms with Crippen LogP contribution in [0.3, 0.4) is 0 Å². The van der Waals surface area contributed by atoms with Crippen LogP contribution in [0.15, 0.2) is 0 Å². The van der Waals surface area contributed by atoms with Crippen LogP contribution in [0.5, 0.6) is 0 Å². The maximum absolute atomic E-state index is 12.4. The number of aromatic amines is 1. The Kier molecular flexibility index (Phi) is 6.12. The SMILES string of the molecule is CCCc1c(C(=O)NCCC(C)(C)C(=O)O)[nH]c(C)c1C(C)=O. The van der Waals surface area contributed by atoms with Gasteiger partial charge in [-0.3, -0.25) is 14.4 Å². The van der Waals surface area contributed by atoms with E-state index >= 15 is 0 Å². The molecule has 0 fully saturated rings. The number of hydrogen-bond acceptors (Lipinski definition) is 3. The van der Waals surface area contributed by atoms with Crippen LogP contribution in [0, 0.1) is 12.3 Å². The number of H-pyrrole nitrogens is 1. The van der Waals surface area contributed by atoms with Gasteiger partial charge < -0.3 is 15.4 Å². The number of nitrogens with one attached hydrogen (secondary N) is 2. The van der Waals surface area contributed by atoms with Crippen molar-refractivity contribution >= 4 is 17.7 Å². The number of ketones is 1. The van der Waals surface area contributed by atoms with Crippen LogP contribution < -0.4 is 5.32 Å². The van der Waals surface area contributed by atoms with Gasteiger partial charge in [0.2, 0.25) is 0 Å². The van der Waals surface area contributed by atoms with Crippen LogP contribution in [-0.2, 0) is 11.2 Å². The van der Waals surface area contributed by atoms with E-state index in [9.17, 15) is 14.4 Å². The standard InChI is InChI=1S/C17H26N2O4/c1-6-7-12-13(11(3)20)10(2)19-14(12)15(21)18-9-8-17(4,5)16(22)23/h19H,6-9H2,1-5H3,(H,18,21)(H,22,23). The molecular weight excluding hydrogens is 296 g/mol. The van der Waals surface area contributed by atoms with E-state index in [1.54, 1.807) is 20.8 Å². The molecule has 3 N–H and O–H groups in total. The van der Waals surface area contributed by atoms with Crippen molar-refractivity contribution in [1.29, 1.82) is 0 Å². The molecule has 1 amide bonds. The predicted molar refractivity (Wildman–Crippen MR) is 87.9 cm³/mol. The van der Waals surface area contributed by atoms with E-state index in [1.165, 1.54) is 6.92 Å². The fourth-order valence-electron chi connectivity index (χ4n) is 2.53. The molecule has 6 nitrogen and oxygen atoms in total. The second-order valence-electron chi connectivity index (χ2n) is 6.48. The molecule has 0 aliphatic carbocycles. The Morgan fingerprint density at radius 3 is 2.35 bits per heavy atom. The van der Waals surface area contributed by atoms with E-state index in [0.29, 0.717) is 29.8 Å². The zero-order valence-electron chi connectivity index (χ0n) is 14.5. The van der Waals surface area contributed by atoms with E-state index in [2.05, 4.69) is 10.3 Å². The minimum absolute atomic E-state index is 0.0618. The van der Waals surface area contributed by atoms with Gasteiger partial charge in [0.05, 0.1) is 5.41 Å². The molecular formula is C17H26N2O4. The molecule has 0 unspecified atom stereocenters. The van der Waals surface area contributed by atoms with Gasteiger partial charge in [-0.2, -0.15) is 0 Å². The first kappa shape index (κ1) is 18.9. The van der Waals surface area contributed by atoms with Gasteiger partial charge in [0, 0.05) is 17.8 Å². The fourth-order valence-corrected chi connectivity index (χ4v) is 2.53. The van der Waals surface area contributed by atoms with Crippen molar-refractivity contribution in [3.63, 3.8) is 0 Å². The number of Topliss-reactive ketones (excluding diaryl/α,β-unsaturated/α-hetero) is 1. The number of aliphatic carboxylic acids is 1. The Balaban J connectivity index is 2.90. The topological polar surface area (TPSA) is 99.3 Å². The largest absolute Gasteiger partial charge is 0.481 e. The van der Waals surface area contributed by atoms with Crippen LogP contribution in [0.4, 0.5) is 0 Å². The van der Waals surface area contributed by atoms with Crippen molar-refractivity contribution in [3.8, 4) is 0 Å². The average molecular weight is 322 g/mol. The second-order valence-corrected chi connectivity index (χ2v) is 6.48. The lowest BCUT2D eigenvalue weighted by Crippen LogP contribution is -2.32. The Morgan fingerprint density at radius 1 is 1.26 bits per heavy atom. The van der Waals surface area contributed by atoms with Gasteiger partial charge in [-0.15, -0.1) is 0 Å². The van der Waals surface area contributed by atoms with Gasteiger partial charge in [0.1, 0.15) is 5.69 Å². The van der Waals surface area contributed by atoms with Crippen LogP contribution in [0.2, 0.25) is 0 Å². The molecule has 128 valence electrons. The normalized spacial score (nSPS) is 11.3. The summed E-state index contributed by atoms with van der Waals surface area (Å²) in [4.78, 5) is 38.3. The summed E-state index contributed by atoms with van der Waals surface area (Å²) in [6, 6.07) is 0. The summed E-state index contributed by atoms with van der Waals surface area (Å²) in [5, 5.41) is 11.8. The van der Waals surface area contributed by atoms with Crippen molar-refractivity contribution in [2.24, 2.45) is 5.41 Å². The molecule has 23 heavy (non-hydrogen) atoms. The molecule has 0 aliphatic rings. The molecule has 6 heteroatoms. The lowest BCUT2D eigenvalue weighted by molar-refractivity contribution is -0.147. The van der Waals surface area contributed by atoms with Gasteiger partial charge in [-0.1, -0.05) is 13.3 Å². The third kappa shape index (κ3) is 4.43. The van der Waals surface area contributed by atoms with Crippen molar-refractivity contribution < 1.29 is 19.5 Å². The lowest BCUT2D eigenvalue weighted by atomic mass is 9.90. The minimum atomic E-state index is -0.895. The molecule has 1 aromatic heterocycles. The van der Waals surface area contributed by atoms with Gasteiger partial charge in [0.25, 0.3) is 5.91 Å². The van der Waals surface area contributed by atoms with E-state index in [4.69, 9.17) is 5.11 Å². The molecule has 1 rings (SSSR count). The summed E-state index contributed by atoms with van der Waals surface area (Å²) in [7, 11) is 0. The van der Waals surface area contributed by atoms with E-state index in [0.717, 1.165) is 12.0 Å². The summed E-state index contributed by atoms with van der Waals surface area (Å²) in [6.07, 6.45) is 1.79. The van der Waals surface area contributed by atoms with Crippen molar-refractivity contribution in [2.45, 2.75) is 53.9 Å². The van der Waals surface area contributed by atoms with Crippen molar-refractivity contribution in [3.05, 3.63) is 22.5 Å². The number of carboxylic acids is 1. The Bertz CT molecular complexity index is 614. The summed E-state index contributed by atoms with van der Waals surface area (Å²) in [5.41, 5.74) is 1.53. The zero-order valence-corrected chi connectivity index (χ0v) is 14.5. The zero-order chi connectivity index (χ0) is 17.8. The second kappa shape index (κ2) is 7.44. The number of carbonyl (C=O) groups excluding carboxylic acids is 2. The molecule has 1 aromatic rings. The number of hydrogen-bond donors (Lipinski definition) is 3. The summed E-state index contributed by atoms with van der Waals surface area (Å²) >= 11 is 0. The van der Waals surface area contributed by atoms with Gasteiger partial charge in [-0.25, -0.2) is 0 Å². The number of carboxylic acid groups (broad SMARTS) is 1. The first-order valence-electron chi connectivity index (χ1n) is 7.85. The summed E-state index contributed by atoms with van der Waals surface area (Å²) in [6.45, 7) is 8.76. The summed E-state index contributed by atoms with van der Waals surface area (Å²) < 4.78 is 0. The highest BCUT2D eigenvalue weighted by Gasteiger charge is 2.27. The van der Waals surface area contributed by atoms with Gasteiger partial charge in [-0.05, 0) is 46.1 Å². The number of amides is 1. The van der Waals surface area contributed by atoms with Gasteiger partial charge in [0.15, 0.2) is 5.78 Å². The molecule has 0 spiro atoms. The third-order valence-corrected chi connectivity index (χ3v) is 3.98. The maximum Gasteiger partial charge on any atom is 0.309 e. The predicted octanol–water partition coefficient (Wildman–Crippen LogP) is 2.71. The molecule has 0 aliphatic heterocycles. The van der Waals surface area contributed by atoms with Gasteiger partial charge >= 0.3 is 5.97 Å². The van der Waals surface area contributed by atoms with Crippen molar-refractivity contribution in [2.75, 3.05) is 6.54 Å². The third-order valence-electron chi connectivity index (χ3n) is 3.98. The first-order valence-corrected chi connectivity index (χ1v) is 7.85. The molecule has 0 bridgehead atoms. The smallest absolute Gasteiger partial charge is 0.309 e. The van der Waals surface area contributed by atoms with Crippen molar-refractivity contribution in [1.82, 2.24) is 10.3 Å². The van der Waals surface area contributed by atoms with Crippen LogP contribution in [-0.4, -0.2) is 34.3 Å². The molecule has 0 atom stereocenters. The van der Waals surface area contributed by atoms with Crippen LogP contribution in [0.1, 0.15) is 72.6 Å². The molecule has 0 radical (unpaired) electrons. The fraction of sp³-hybridized carbons (Fsp3) is 0.588. The van der Waals surface area contributed by atoms with Crippen LogP contribution in [0.25, 0.3) is 0 Å². The monoisotopic (exact) mass is 322 g/mol. The molecule has 1 heterocycles. The van der Waals surface area contributed by atoms with E-state index < -0.39 is 11.4 Å². The Labute approximate surface area is 136 Å². The number of aryl methyl sites for hydroxylation is 1. The Morgan fingerprint density at radius 2 is 1.87 bits per heavy atom. The minimum Gasteiger partial charge on any atom is -0.481 e. The number of carbonyl (C=O) groups is 3. The molecule has 0 saturated heterocycles. The first-order chi connectivity index (χ1) is 10.6. The Hall–Kier alpha value is -2.11. The molecule has 0 saturated carbocycles. The highest BCUT2D eigenvalue weighted by Crippen LogP contribution is 2.22. The number of rotatable bonds is 8. The number of aromatic nitrogens is 1.